The van der Waals surface area contributed by atoms with Gasteiger partial charge in [-0.15, -0.1) is 0 Å². The van der Waals surface area contributed by atoms with Crippen LogP contribution in [-0.2, 0) is 6.54 Å². The zero-order chi connectivity index (χ0) is 16.9. The van der Waals surface area contributed by atoms with Crippen molar-refractivity contribution < 1.29 is 4.74 Å². The maximum atomic E-state index is 9.19. The summed E-state index contributed by atoms with van der Waals surface area (Å²) in [4.78, 5) is 6.71. The first-order valence-corrected chi connectivity index (χ1v) is 8.53. The SMILES string of the molecule is Cc1cc(CN2CCCCC2)cc(C)c1Oc1ncccc1C#N. The van der Waals surface area contributed by atoms with Gasteiger partial charge in [-0.25, -0.2) is 4.98 Å². The Balaban J connectivity index is 1.81. The Hall–Kier alpha value is -2.38. The molecule has 0 radical (unpaired) electrons. The average molecular weight is 321 g/mol. The lowest BCUT2D eigenvalue weighted by atomic mass is 10.0. The first-order valence-electron chi connectivity index (χ1n) is 8.53. The van der Waals surface area contributed by atoms with Gasteiger partial charge in [0.1, 0.15) is 17.4 Å². The number of ether oxygens (including phenoxy) is 1. The highest BCUT2D eigenvalue weighted by Gasteiger charge is 2.14. The molecule has 4 nitrogen and oxygen atoms in total. The zero-order valence-electron chi connectivity index (χ0n) is 14.4. The summed E-state index contributed by atoms with van der Waals surface area (Å²) in [5.74, 6) is 1.17. The Morgan fingerprint density at radius 1 is 1.17 bits per heavy atom. The maximum Gasteiger partial charge on any atom is 0.237 e. The lowest BCUT2D eigenvalue weighted by Crippen LogP contribution is -2.29. The van der Waals surface area contributed by atoms with Crippen LogP contribution in [0.25, 0.3) is 0 Å². The van der Waals surface area contributed by atoms with Gasteiger partial charge in [-0.2, -0.15) is 5.26 Å². The van der Waals surface area contributed by atoms with Crippen molar-refractivity contribution in [1.29, 1.82) is 5.26 Å². The van der Waals surface area contributed by atoms with E-state index in [2.05, 4.69) is 41.9 Å². The number of nitrogens with zero attached hydrogens (tertiary/aromatic N) is 3. The summed E-state index contributed by atoms with van der Waals surface area (Å²) in [7, 11) is 0. The van der Waals surface area contributed by atoms with E-state index in [1.165, 1.54) is 37.9 Å². The number of benzene rings is 1. The molecule has 1 saturated heterocycles. The average Bonchev–Trinajstić information content (AvgIpc) is 2.59. The van der Waals surface area contributed by atoms with Crippen LogP contribution in [0.15, 0.2) is 30.5 Å². The molecule has 0 atom stereocenters. The molecular formula is C20H23N3O. The van der Waals surface area contributed by atoms with Gasteiger partial charge in [0.2, 0.25) is 5.88 Å². The van der Waals surface area contributed by atoms with Gasteiger partial charge in [0.15, 0.2) is 0 Å². The third-order valence-electron chi connectivity index (χ3n) is 4.47. The van der Waals surface area contributed by atoms with Crippen molar-refractivity contribution in [3.05, 3.63) is 52.7 Å². The predicted molar refractivity (Wildman–Crippen MR) is 94.1 cm³/mol. The minimum absolute atomic E-state index is 0.370. The van der Waals surface area contributed by atoms with Crippen LogP contribution in [0.3, 0.4) is 0 Å². The van der Waals surface area contributed by atoms with Gasteiger partial charge < -0.3 is 4.74 Å². The number of aromatic nitrogens is 1. The van der Waals surface area contributed by atoms with Gasteiger partial charge in [-0.05, 0) is 68.6 Å². The van der Waals surface area contributed by atoms with Crippen LogP contribution in [0, 0.1) is 25.2 Å². The molecule has 124 valence electrons. The van der Waals surface area contributed by atoms with Crippen LogP contribution < -0.4 is 4.74 Å². The fraction of sp³-hybridized carbons (Fsp3) is 0.400. The van der Waals surface area contributed by atoms with E-state index in [4.69, 9.17) is 4.74 Å². The Labute approximate surface area is 143 Å². The third kappa shape index (κ3) is 3.74. The van der Waals surface area contributed by atoms with Crippen molar-refractivity contribution in [2.45, 2.75) is 39.7 Å². The number of rotatable bonds is 4. The summed E-state index contributed by atoms with van der Waals surface area (Å²) in [5, 5.41) is 9.19. The molecule has 0 unspecified atom stereocenters. The fourth-order valence-electron chi connectivity index (χ4n) is 3.32. The van der Waals surface area contributed by atoms with Crippen molar-refractivity contribution in [2.24, 2.45) is 0 Å². The zero-order valence-corrected chi connectivity index (χ0v) is 14.4. The first kappa shape index (κ1) is 16.5. The monoisotopic (exact) mass is 321 g/mol. The maximum absolute atomic E-state index is 9.19. The van der Waals surface area contributed by atoms with Crippen LogP contribution in [0.2, 0.25) is 0 Å². The molecule has 4 heteroatoms. The molecule has 0 spiro atoms. The van der Waals surface area contributed by atoms with Gasteiger partial charge in [0, 0.05) is 12.7 Å². The number of hydrogen-bond donors (Lipinski definition) is 0. The Bertz CT molecular complexity index is 735. The van der Waals surface area contributed by atoms with Gasteiger partial charge in [-0.3, -0.25) is 4.90 Å². The minimum atomic E-state index is 0.370. The second-order valence-electron chi connectivity index (χ2n) is 6.47. The molecular weight excluding hydrogens is 298 g/mol. The number of pyridine rings is 1. The van der Waals surface area contributed by atoms with Gasteiger partial charge in [0.05, 0.1) is 0 Å². The number of hydrogen-bond acceptors (Lipinski definition) is 4. The first-order chi connectivity index (χ1) is 11.7. The van der Waals surface area contributed by atoms with E-state index in [1.54, 1.807) is 18.3 Å². The highest BCUT2D eigenvalue weighted by atomic mass is 16.5. The molecule has 1 aliphatic heterocycles. The molecule has 2 aromatic rings. The largest absolute Gasteiger partial charge is 0.437 e. The third-order valence-corrected chi connectivity index (χ3v) is 4.47. The lowest BCUT2D eigenvalue weighted by Gasteiger charge is -2.27. The standard InChI is InChI=1S/C20H23N3O/c1-15-11-17(14-23-9-4-3-5-10-23)12-16(2)19(15)24-20-18(13-21)7-6-8-22-20/h6-8,11-12H,3-5,9-10,14H2,1-2H3. The highest BCUT2D eigenvalue weighted by molar-refractivity contribution is 5.47. The summed E-state index contributed by atoms with van der Waals surface area (Å²) in [6, 6.07) is 9.96. The summed E-state index contributed by atoms with van der Waals surface area (Å²) < 4.78 is 5.96. The molecule has 2 heterocycles. The van der Waals surface area contributed by atoms with Crippen molar-refractivity contribution in [1.82, 2.24) is 9.88 Å². The van der Waals surface area contributed by atoms with Gasteiger partial charge in [0.25, 0.3) is 0 Å². The van der Waals surface area contributed by atoms with Crippen molar-refractivity contribution >= 4 is 0 Å². The molecule has 0 amide bonds. The molecule has 24 heavy (non-hydrogen) atoms. The van der Waals surface area contributed by atoms with Crippen LogP contribution in [0.4, 0.5) is 0 Å². The molecule has 0 bridgehead atoms. The lowest BCUT2D eigenvalue weighted by molar-refractivity contribution is 0.221. The molecule has 1 aromatic carbocycles. The summed E-state index contributed by atoms with van der Waals surface area (Å²) in [6.45, 7) is 7.48. The van der Waals surface area contributed by atoms with Crippen LogP contribution >= 0.6 is 0 Å². The Morgan fingerprint density at radius 3 is 2.54 bits per heavy atom. The van der Waals surface area contributed by atoms with E-state index in [0.717, 1.165) is 23.4 Å². The van der Waals surface area contributed by atoms with E-state index in [1.807, 2.05) is 0 Å². The topological polar surface area (TPSA) is 49.1 Å². The number of nitriles is 1. The van der Waals surface area contributed by atoms with Gasteiger partial charge >= 0.3 is 0 Å². The smallest absolute Gasteiger partial charge is 0.237 e. The molecule has 0 N–H and O–H groups in total. The highest BCUT2D eigenvalue weighted by Crippen LogP contribution is 2.31. The van der Waals surface area contributed by atoms with E-state index in [9.17, 15) is 5.26 Å². The predicted octanol–water partition coefficient (Wildman–Crippen LogP) is 4.35. The molecule has 0 saturated carbocycles. The van der Waals surface area contributed by atoms with Gasteiger partial charge in [-0.1, -0.05) is 18.6 Å². The summed E-state index contributed by atoms with van der Waals surface area (Å²) in [6.07, 6.45) is 5.60. The van der Waals surface area contributed by atoms with Crippen molar-refractivity contribution in [3.63, 3.8) is 0 Å². The van der Waals surface area contributed by atoms with E-state index >= 15 is 0 Å². The summed E-state index contributed by atoms with van der Waals surface area (Å²) >= 11 is 0. The molecule has 1 aromatic heterocycles. The quantitative estimate of drug-likeness (QED) is 0.840. The fourth-order valence-corrected chi connectivity index (χ4v) is 3.32. The summed E-state index contributed by atoms with van der Waals surface area (Å²) in [5.41, 5.74) is 3.93. The number of aryl methyl sites for hydroxylation is 2. The molecule has 1 aliphatic rings. The molecule has 3 rings (SSSR count). The Kier molecular flexibility index (Phi) is 5.12. The normalized spacial score (nSPS) is 15.0. The number of piperidine rings is 1. The van der Waals surface area contributed by atoms with E-state index in [0.29, 0.717) is 11.4 Å². The Morgan fingerprint density at radius 2 is 1.88 bits per heavy atom. The second-order valence-corrected chi connectivity index (χ2v) is 6.47. The van der Waals surface area contributed by atoms with Crippen LogP contribution in [0.5, 0.6) is 11.6 Å². The second kappa shape index (κ2) is 7.46. The van der Waals surface area contributed by atoms with Crippen molar-refractivity contribution in [3.8, 4) is 17.7 Å². The molecule has 1 fully saturated rings. The van der Waals surface area contributed by atoms with Crippen molar-refractivity contribution in [2.75, 3.05) is 13.1 Å². The van der Waals surface area contributed by atoms with E-state index < -0.39 is 0 Å². The van der Waals surface area contributed by atoms with E-state index in [-0.39, 0.29) is 0 Å². The molecule has 0 aliphatic carbocycles. The van der Waals surface area contributed by atoms with Crippen LogP contribution in [0.1, 0.15) is 41.5 Å². The number of likely N-dealkylation sites (tertiary alicyclic amines) is 1. The minimum Gasteiger partial charge on any atom is -0.437 e. The van der Waals surface area contributed by atoms with Crippen LogP contribution in [-0.4, -0.2) is 23.0 Å².